The zero-order valence-corrected chi connectivity index (χ0v) is 10.2. The number of hydrogen-bond acceptors (Lipinski definition) is 2. The van der Waals surface area contributed by atoms with Crippen LogP contribution in [0.3, 0.4) is 0 Å². The molecular formula is C12H18ClNO. The summed E-state index contributed by atoms with van der Waals surface area (Å²) in [6, 6.07) is 7.31. The van der Waals surface area contributed by atoms with Gasteiger partial charge in [-0.2, -0.15) is 0 Å². The smallest absolute Gasteiger partial charge is 0.0915 e. The van der Waals surface area contributed by atoms with Gasteiger partial charge >= 0.3 is 0 Å². The van der Waals surface area contributed by atoms with Crippen molar-refractivity contribution in [1.29, 1.82) is 0 Å². The number of β-amino-alcohol motifs (C(OH)–C–C–N with tert-alkyl or cyclic N) is 1. The van der Waals surface area contributed by atoms with Gasteiger partial charge in [0.15, 0.2) is 0 Å². The highest BCUT2D eigenvalue weighted by Gasteiger charge is 2.13. The minimum absolute atomic E-state index is 0.0134. The Morgan fingerprint density at radius 3 is 2.60 bits per heavy atom. The lowest BCUT2D eigenvalue weighted by atomic mass is 10.1. The molecular weight excluding hydrogens is 210 g/mol. The van der Waals surface area contributed by atoms with Gasteiger partial charge in [0, 0.05) is 17.1 Å². The van der Waals surface area contributed by atoms with E-state index in [1.54, 1.807) is 12.1 Å². The van der Waals surface area contributed by atoms with Crippen LogP contribution in [0.2, 0.25) is 5.02 Å². The van der Waals surface area contributed by atoms with Crippen LogP contribution in [0.4, 0.5) is 0 Å². The molecule has 0 aromatic heterocycles. The summed E-state index contributed by atoms with van der Waals surface area (Å²) in [5.74, 6) is 0. The molecule has 0 spiro atoms. The maximum absolute atomic E-state index is 9.89. The van der Waals surface area contributed by atoms with E-state index in [9.17, 15) is 5.11 Å². The quantitative estimate of drug-likeness (QED) is 0.833. The van der Waals surface area contributed by atoms with E-state index in [1.807, 2.05) is 12.1 Å². The maximum atomic E-state index is 9.89. The molecule has 2 N–H and O–H groups in total. The highest BCUT2D eigenvalue weighted by Crippen LogP contribution is 2.17. The van der Waals surface area contributed by atoms with Crippen LogP contribution in [-0.2, 0) is 0 Å². The summed E-state index contributed by atoms with van der Waals surface area (Å²) < 4.78 is 0. The molecule has 0 fully saturated rings. The van der Waals surface area contributed by atoms with E-state index in [4.69, 9.17) is 11.6 Å². The fraction of sp³-hybridized carbons (Fsp3) is 0.500. The Hall–Kier alpha value is -0.570. The van der Waals surface area contributed by atoms with E-state index < -0.39 is 6.10 Å². The average molecular weight is 228 g/mol. The Bertz CT molecular complexity index is 320. The normalized spacial score (nSPS) is 13.9. The molecule has 0 bridgehead atoms. The lowest BCUT2D eigenvalue weighted by Gasteiger charge is -2.23. The number of benzene rings is 1. The van der Waals surface area contributed by atoms with Gasteiger partial charge in [0.25, 0.3) is 0 Å². The molecule has 0 aliphatic carbocycles. The van der Waals surface area contributed by atoms with Gasteiger partial charge in [-0.25, -0.2) is 0 Å². The lowest BCUT2D eigenvalue weighted by Crippen LogP contribution is -2.38. The Morgan fingerprint density at radius 1 is 1.40 bits per heavy atom. The number of aliphatic hydroxyl groups excluding tert-OH is 1. The minimum atomic E-state index is -0.511. The van der Waals surface area contributed by atoms with Crippen molar-refractivity contribution in [3.63, 3.8) is 0 Å². The summed E-state index contributed by atoms with van der Waals surface area (Å²) in [4.78, 5) is 0. The molecule has 0 aliphatic rings. The van der Waals surface area contributed by atoms with Gasteiger partial charge in [-0.3, -0.25) is 0 Å². The third-order valence-corrected chi connectivity index (χ3v) is 2.29. The molecule has 0 saturated carbocycles. The third-order valence-electron chi connectivity index (χ3n) is 2.06. The van der Waals surface area contributed by atoms with Crippen LogP contribution in [0.1, 0.15) is 32.4 Å². The summed E-state index contributed by atoms with van der Waals surface area (Å²) in [5, 5.41) is 13.8. The van der Waals surface area contributed by atoms with Crippen LogP contribution in [0, 0.1) is 0 Å². The van der Waals surface area contributed by atoms with Crippen LogP contribution in [0.25, 0.3) is 0 Å². The molecule has 1 rings (SSSR count). The molecule has 0 saturated heterocycles. The molecule has 15 heavy (non-hydrogen) atoms. The van der Waals surface area contributed by atoms with Crippen molar-refractivity contribution in [2.45, 2.75) is 32.4 Å². The first-order valence-electron chi connectivity index (χ1n) is 5.07. The first kappa shape index (κ1) is 12.5. The third kappa shape index (κ3) is 4.65. The fourth-order valence-corrected chi connectivity index (χ4v) is 1.43. The Morgan fingerprint density at radius 2 is 2.07 bits per heavy atom. The van der Waals surface area contributed by atoms with Crippen molar-refractivity contribution >= 4 is 11.6 Å². The van der Waals surface area contributed by atoms with E-state index >= 15 is 0 Å². The van der Waals surface area contributed by atoms with Gasteiger partial charge in [-0.05, 0) is 38.5 Å². The van der Waals surface area contributed by atoms with E-state index in [2.05, 4.69) is 26.1 Å². The van der Waals surface area contributed by atoms with Crippen molar-refractivity contribution in [1.82, 2.24) is 5.32 Å². The van der Waals surface area contributed by atoms with E-state index in [1.165, 1.54) is 0 Å². The molecule has 0 amide bonds. The van der Waals surface area contributed by atoms with Crippen molar-refractivity contribution in [2.75, 3.05) is 6.54 Å². The van der Waals surface area contributed by atoms with E-state index in [-0.39, 0.29) is 5.54 Å². The van der Waals surface area contributed by atoms with Crippen molar-refractivity contribution in [2.24, 2.45) is 0 Å². The molecule has 1 unspecified atom stereocenters. The molecule has 84 valence electrons. The standard InChI is InChI=1S/C12H18ClNO/c1-12(2,3)14-8-11(15)9-5-4-6-10(13)7-9/h4-7,11,14-15H,8H2,1-3H3. The topological polar surface area (TPSA) is 32.3 Å². The molecule has 0 radical (unpaired) electrons. The largest absolute Gasteiger partial charge is 0.387 e. The second-order valence-corrected chi connectivity index (χ2v) is 5.14. The Kier molecular flexibility index (Phi) is 4.14. The number of nitrogens with one attached hydrogen (secondary N) is 1. The molecule has 2 nitrogen and oxygen atoms in total. The van der Waals surface area contributed by atoms with Crippen LogP contribution < -0.4 is 5.32 Å². The van der Waals surface area contributed by atoms with Crippen molar-refractivity contribution in [3.05, 3.63) is 34.9 Å². The lowest BCUT2D eigenvalue weighted by molar-refractivity contribution is 0.163. The second kappa shape index (κ2) is 4.97. The van der Waals surface area contributed by atoms with Crippen molar-refractivity contribution < 1.29 is 5.11 Å². The zero-order valence-electron chi connectivity index (χ0n) is 9.42. The van der Waals surface area contributed by atoms with E-state index in [0.29, 0.717) is 11.6 Å². The Balaban J connectivity index is 2.58. The molecule has 0 aliphatic heterocycles. The second-order valence-electron chi connectivity index (χ2n) is 4.70. The summed E-state index contributed by atoms with van der Waals surface area (Å²) >= 11 is 5.85. The number of halogens is 1. The minimum Gasteiger partial charge on any atom is -0.387 e. The SMILES string of the molecule is CC(C)(C)NCC(O)c1cccc(Cl)c1. The Labute approximate surface area is 96.3 Å². The number of aliphatic hydroxyl groups is 1. The maximum Gasteiger partial charge on any atom is 0.0915 e. The summed E-state index contributed by atoms with van der Waals surface area (Å²) in [5.41, 5.74) is 0.860. The van der Waals surface area contributed by atoms with Crippen LogP contribution >= 0.6 is 11.6 Å². The van der Waals surface area contributed by atoms with Gasteiger partial charge in [-0.15, -0.1) is 0 Å². The first-order valence-corrected chi connectivity index (χ1v) is 5.45. The molecule has 1 aromatic carbocycles. The molecule has 3 heteroatoms. The summed E-state index contributed by atoms with van der Waals surface area (Å²) in [7, 11) is 0. The van der Waals surface area contributed by atoms with Gasteiger partial charge in [0.2, 0.25) is 0 Å². The number of rotatable bonds is 3. The fourth-order valence-electron chi connectivity index (χ4n) is 1.23. The van der Waals surface area contributed by atoms with E-state index in [0.717, 1.165) is 5.56 Å². The number of hydrogen-bond donors (Lipinski definition) is 2. The van der Waals surface area contributed by atoms with Crippen molar-refractivity contribution in [3.8, 4) is 0 Å². The highest BCUT2D eigenvalue weighted by molar-refractivity contribution is 6.30. The molecule has 1 atom stereocenters. The van der Waals surface area contributed by atoms with Gasteiger partial charge in [0.1, 0.15) is 0 Å². The molecule has 1 aromatic rings. The van der Waals surface area contributed by atoms with Crippen LogP contribution in [0.15, 0.2) is 24.3 Å². The predicted molar refractivity (Wildman–Crippen MR) is 64.2 cm³/mol. The molecule has 0 heterocycles. The van der Waals surface area contributed by atoms with Gasteiger partial charge in [0.05, 0.1) is 6.10 Å². The van der Waals surface area contributed by atoms with Crippen LogP contribution in [0.5, 0.6) is 0 Å². The predicted octanol–water partition coefficient (Wildman–Crippen LogP) is 2.76. The summed E-state index contributed by atoms with van der Waals surface area (Å²) in [6.07, 6.45) is -0.511. The highest BCUT2D eigenvalue weighted by atomic mass is 35.5. The monoisotopic (exact) mass is 227 g/mol. The van der Waals surface area contributed by atoms with Gasteiger partial charge in [-0.1, -0.05) is 23.7 Å². The zero-order chi connectivity index (χ0) is 11.5. The van der Waals surface area contributed by atoms with Crippen LogP contribution in [-0.4, -0.2) is 17.2 Å². The summed E-state index contributed by atoms with van der Waals surface area (Å²) in [6.45, 7) is 6.73. The average Bonchev–Trinajstić information content (AvgIpc) is 2.13. The van der Waals surface area contributed by atoms with Gasteiger partial charge < -0.3 is 10.4 Å². The first-order chi connectivity index (χ1) is 6.88.